The minimum absolute atomic E-state index is 0. The predicted octanol–water partition coefficient (Wildman–Crippen LogP) is 0.0609. The van der Waals surface area contributed by atoms with E-state index in [1.54, 1.807) is 0 Å². The average Bonchev–Trinajstić information content (AvgIpc) is 2.63. The van der Waals surface area contributed by atoms with Crippen molar-refractivity contribution < 1.29 is 15.1 Å². The highest BCUT2D eigenvalue weighted by molar-refractivity contribution is 8.14. The molecular formula is C6H12N2O3S2. The summed E-state index contributed by atoms with van der Waals surface area (Å²) in [6, 6.07) is 0. The highest BCUT2D eigenvalue weighted by atomic mass is 32.2. The SMILES string of the molecule is O.O=C1NCCS1.O=C1NCCS1. The smallest absolute Gasteiger partial charge is 0.279 e. The molecule has 5 nitrogen and oxygen atoms in total. The minimum Gasteiger partial charge on any atom is -0.412 e. The van der Waals surface area contributed by atoms with Gasteiger partial charge in [0.05, 0.1) is 0 Å². The molecule has 2 heterocycles. The number of hydrogen-bond acceptors (Lipinski definition) is 4. The number of hydrogen-bond donors (Lipinski definition) is 2. The van der Waals surface area contributed by atoms with Gasteiger partial charge in [0.25, 0.3) is 10.5 Å². The van der Waals surface area contributed by atoms with Gasteiger partial charge in [-0.3, -0.25) is 9.59 Å². The van der Waals surface area contributed by atoms with Crippen molar-refractivity contribution >= 4 is 34.0 Å². The molecule has 0 aromatic rings. The number of amides is 2. The van der Waals surface area contributed by atoms with Gasteiger partial charge in [0, 0.05) is 24.6 Å². The van der Waals surface area contributed by atoms with Crippen LogP contribution >= 0.6 is 23.5 Å². The van der Waals surface area contributed by atoms with Gasteiger partial charge in [-0.2, -0.15) is 0 Å². The third-order valence-electron chi connectivity index (χ3n) is 1.21. The summed E-state index contributed by atoms with van der Waals surface area (Å²) in [6.07, 6.45) is 0. The van der Waals surface area contributed by atoms with Crippen molar-refractivity contribution in [3.05, 3.63) is 0 Å². The van der Waals surface area contributed by atoms with E-state index >= 15 is 0 Å². The van der Waals surface area contributed by atoms with Gasteiger partial charge in [-0.1, -0.05) is 23.5 Å². The van der Waals surface area contributed by atoms with E-state index in [1.807, 2.05) is 0 Å². The number of rotatable bonds is 0. The Morgan fingerprint density at radius 3 is 1.38 bits per heavy atom. The van der Waals surface area contributed by atoms with Gasteiger partial charge < -0.3 is 16.1 Å². The van der Waals surface area contributed by atoms with Crippen molar-refractivity contribution in [2.75, 3.05) is 24.6 Å². The maximum Gasteiger partial charge on any atom is 0.279 e. The molecule has 2 fully saturated rings. The second-order valence-electron chi connectivity index (χ2n) is 2.13. The van der Waals surface area contributed by atoms with Gasteiger partial charge in [0.2, 0.25) is 0 Å². The third kappa shape index (κ3) is 5.78. The van der Waals surface area contributed by atoms with Gasteiger partial charge in [0.1, 0.15) is 0 Å². The Morgan fingerprint density at radius 2 is 1.31 bits per heavy atom. The van der Waals surface area contributed by atoms with E-state index < -0.39 is 0 Å². The molecule has 0 spiro atoms. The van der Waals surface area contributed by atoms with Crippen LogP contribution in [0.2, 0.25) is 0 Å². The molecule has 7 heteroatoms. The molecule has 0 saturated carbocycles. The molecule has 2 amide bonds. The summed E-state index contributed by atoms with van der Waals surface area (Å²) in [4.78, 5) is 20.2. The maximum absolute atomic E-state index is 10.1. The Hall–Kier alpha value is -0.400. The number of carbonyl (C=O) groups is 2. The van der Waals surface area contributed by atoms with E-state index in [4.69, 9.17) is 0 Å². The Kier molecular flexibility index (Phi) is 6.83. The summed E-state index contributed by atoms with van der Waals surface area (Å²) in [6.45, 7) is 1.70. The van der Waals surface area contributed by atoms with Crippen molar-refractivity contribution in [3.63, 3.8) is 0 Å². The lowest BCUT2D eigenvalue weighted by molar-refractivity contribution is 0.261. The molecule has 0 radical (unpaired) electrons. The summed E-state index contributed by atoms with van der Waals surface area (Å²) in [5.74, 6) is 1.89. The zero-order valence-electron chi connectivity index (χ0n) is 6.96. The number of thioether (sulfide) groups is 2. The van der Waals surface area contributed by atoms with Crippen LogP contribution in [0.25, 0.3) is 0 Å². The Morgan fingerprint density at radius 1 is 0.923 bits per heavy atom. The average molecular weight is 224 g/mol. The normalized spacial score (nSPS) is 19.4. The van der Waals surface area contributed by atoms with Crippen LogP contribution in [-0.4, -0.2) is 40.5 Å². The Balaban J connectivity index is 0.000000206. The molecule has 0 aromatic carbocycles. The van der Waals surface area contributed by atoms with Crippen molar-refractivity contribution in [2.45, 2.75) is 0 Å². The first-order chi connectivity index (χ1) is 5.79. The fraction of sp³-hybridized carbons (Fsp3) is 0.667. The minimum atomic E-state index is 0. The zero-order chi connectivity index (χ0) is 8.81. The van der Waals surface area contributed by atoms with Gasteiger partial charge >= 0.3 is 0 Å². The van der Waals surface area contributed by atoms with E-state index in [2.05, 4.69) is 10.6 Å². The van der Waals surface area contributed by atoms with Crippen molar-refractivity contribution in [3.8, 4) is 0 Å². The first-order valence-electron chi connectivity index (χ1n) is 3.60. The summed E-state index contributed by atoms with van der Waals surface area (Å²) in [5, 5.41) is 5.53. The monoisotopic (exact) mass is 224 g/mol. The highest BCUT2D eigenvalue weighted by Gasteiger charge is 2.06. The van der Waals surface area contributed by atoms with Crippen LogP contribution < -0.4 is 10.6 Å². The quantitative estimate of drug-likeness (QED) is 0.609. The molecule has 0 atom stereocenters. The Bertz CT molecular complexity index is 153. The number of carbonyl (C=O) groups excluding carboxylic acids is 2. The molecule has 0 unspecified atom stereocenters. The molecule has 13 heavy (non-hydrogen) atoms. The van der Waals surface area contributed by atoms with Gasteiger partial charge in [-0.25, -0.2) is 0 Å². The van der Waals surface area contributed by atoms with Gasteiger partial charge in [0.15, 0.2) is 0 Å². The molecule has 0 bridgehead atoms. The molecule has 0 aliphatic carbocycles. The second-order valence-corrected chi connectivity index (χ2v) is 4.26. The number of nitrogens with one attached hydrogen (secondary N) is 2. The lowest BCUT2D eigenvalue weighted by Crippen LogP contribution is -2.10. The lowest BCUT2D eigenvalue weighted by Gasteiger charge is -1.78. The van der Waals surface area contributed by atoms with Crippen LogP contribution in [0.3, 0.4) is 0 Å². The van der Waals surface area contributed by atoms with Gasteiger partial charge in [-0.15, -0.1) is 0 Å². The summed E-state index contributed by atoms with van der Waals surface area (Å²) in [7, 11) is 0. The summed E-state index contributed by atoms with van der Waals surface area (Å²) >= 11 is 2.69. The largest absolute Gasteiger partial charge is 0.412 e. The van der Waals surface area contributed by atoms with Crippen molar-refractivity contribution in [2.24, 2.45) is 0 Å². The first-order valence-corrected chi connectivity index (χ1v) is 5.57. The highest BCUT2D eigenvalue weighted by Crippen LogP contribution is 2.05. The fourth-order valence-electron chi connectivity index (χ4n) is 0.696. The topological polar surface area (TPSA) is 89.7 Å². The maximum atomic E-state index is 10.1. The van der Waals surface area contributed by atoms with Crippen LogP contribution in [0, 0.1) is 0 Å². The summed E-state index contributed by atoms with van der Waals surface area (Å²) < 4.78 is 0. The van der Waals surface area contributed by atoms with Crippen LogP contribution in [0.1, 0.15) is 0 Å². The van der Waals surface area contributed by atoms with E-state index in [-0.39, 0.29) is 16.0 Å². The predicted molar refractivity (Wildman–Crippen MR) is 55.3 cm³/mol. The first kappa shape index (κ1) is 12.6. The van der Waals surface area contributed by atoms with Crippen molar-refractivity contribution in [1.82, 2.24) is 10.6 Å². The van der Waals surface area contributed by atoms with Crippen LogP contribution in [0.5, 0.6) is 0 Å². The van der Waals surface area contributed by atoms with E-state index in [9.17, 15) is 9.59 Å². The molecule has 2 rings (SSSR count). The van der Waals surface area contributed by atoms with Crippen LogP contribution in [-0.2, 0) is 0 Å². The zero-order valence-corrected chi connectivity index (χ0v) is 8.59. The van der Waals surface area contributed by atoms with E-state index in [0.29, 0.717) is 0 Å². The molecule has 76 valence electrons. The Labute approximate surface area is 84.7 Å². The molecule has 4 N–H and O–H groups in total. The molecule has 2 aliphatic heterocycles. The van der Waals surface area contributed by atoms with Crippen LogP contribution in [0.15, 0.2) is 0 Å². The van der Waals surface area contributed by atoms with Crippen LogP contribution in [0.4, 0.5) is 9.59 Å². The molecule has 2 saturated heterocycles. The standard InChI is InChI=1S/2C3H5NOS.H2O/c2*5-3-4-1-2-6-3;/h2*1-2H2,(H,4,5);1H2. The second kappa shape index (κ2) is 7.05. The molecule has 0 aromatic heterocycles. The molecule has 2 aliphatic rings. The van der Waals surface area contributed by atoms with Crippen molar-refractivity contribution in [1.29, 1.82) is 0 Å². The molecular weight excluding hydrogens is 212 g/mol. The fourth-order valence-corrected chi connectivity index (χ4v) is 1.88. The third-order valence-corrected chi connectivity index (χ3v) is 2.84. The van der Waals surface area contributed by atoms with E-state index in [1.165, 1.54) is 23.5 Å². The summed E-state index contributed by atoms with van der Waals surface area (Å²) in [5.41, 5.74) is 0. The lowest BCUT2D eigenvalue weighted by atomic mass is 10.8. The van der Waals surface area contributed by atoms with E-state index in [0.717, 1.165) is 24.6 Å². The van der Waals surface area contributed by atoms with Gasteiger partial charge in [-0.05, 0) is 0 Å².